The predicted molar refractivity (Wildman–Crippen MR) is 260 cm³/mol. The number of anilines is 2. The molecule has 1 spiro atoms. The number of hydrogen-bond donors (Lipinski definition) is 5. The Bertz CT molecular complexity index is 2750. The first-order valence-corrected chi connectivity index (χ1v) is 24.0. The van der Waals surface area contributed by atoms with Crippen LogP contribution >= 0.6 is 11.8 Å². The summed E-state index contributed by atoms with van der Waals surface area (Å²) < 4.78 is 1.35. The van der Waals surface area contributed by atoms with Gasteiger partial charge in [0.2, 0.25) is 29.5 Å². The van der Waals surface area contributed by atoms with Gasteiger partial charge >= 0.3 is 6.09 Å². The number of pyridine rings is 1. The lowest BCUT2D eigenvalue weighted by molar-refractivity contribution is -0.163. The molecule has 6 heterocycles. The number of piperidine rings is 1. The van der Waals surface area contributed by atoms with Crippen LogP contribution in [0.5, 0.6) is 0 Å². The maximum Gasteiger partial charge on any atom is 0.405 e. The van der Waals surface area contributed by atoms with Crippen LogP contribution in [0.1, 0.15) is 76.8 Å². The summed E-state index contributed by atoms with van der Waals surface area (Å²) in [5.41, 5.74) is 0.283. The smallest absolute Gasteiger partial charge is 0.405 e. The Morgan fingerprint density at radius 3 is 2.42 bits per heavy atom. The van der Waals surface area contributed by atoms with Crippen molar-refractivity contribution in [3.05, 3.63) is 120 Å². The molecule has 360 valence electrons. The number of benzene rings is 2. The fourth-order valence-corrected chi connectivity index (χ4v) is 10.0. The van der Waals surface area contributed by atoms with Crippen LogP contribution in [-0.4, -0.2) is 103 Å². The van der Waals surface area contributed by atoms with Crippen molar-refractivity contribution in [1.29, 1.82) is 0 Å². The molecule has 2 aromatic heterocycles. The minimum atomic E-state index is -1.11. The molecular formula is C50H56N10O8S. The van der Waals surface area contributed by atoms with E-state index in [1.165, 1.54) is 22.4 Å². The second kappa shape index (κ2) is 21.0. The van der Waals surface area contributed by atoms with Crippen molar-refractivity contribution in [1.82, 2.24) is 40.3 Å². The molecule has 4 aliphatic rings. The quantitative estimate of drug-likeness (QED) is 0.0474. The van der Waals surface area contributed by atoms with E-state index in [-0.39, 0.29) is 66.5 Å². The number of amides is 6. The lowest BCUT2D eigenvalue weighted by Gasteiger charge is -2.62. The van der Waals surface area contributed by atoms with Crippen LogP contribution in [0.2, 0.25) is 0 Å². The normalized spacial score (nSPS) is 18.7. The number of rotatable bonds is 18. The minimum absolute atomic E-state index is 0.0167. The lowest BCUT2D eigenvalue weighted by atomic mass is 9.71. The second-order valence-corrected chi connectivity index (χ2v) is 19.4. The molecule has 2 atom stereocenters. The Labute approximate surface area is 403 Å². The van der Waals surface area contributed by atoms with E-state index >= 15 is 0 Å². The van der Waals surface area contributed by atoms with Crippen LogP contribution in [0.3, 0.4) is 0 Å². The Balaban J connectivity index is 0.756. The number of carboxylic acid groups (broad SMARTS) is 1. The van der Waals surface area contributed by atoms with Gasteiger partial charge in [-0.2, -0.15) is 0 Å². The number of carbonyl (C=O) groups is 6. The fraction of sp³-hybridized carbons (Fsp3) is 0.380. The molecule has 0 bridgehead atoms. The van der Waals surface area contributed by atoms with Crippen molar-refractivity contribution in [3.8, 4) is 0 Å². The van der Waals surface area contributed by atoms with Crippen molar-refractivity contribution in [3.63, 3.8) is 0 Å². The van der Waals surface area contributed by atoms with Gasteiger partial charge in [0.05, 0.1) is 17.9 Å². The molecule has 2 unspecified atom stereocenters. The first-order chi connectivity index (χ1) is 33.2. The molecule has 18 nitrogen and oxygen atoms in total. The second-order valence-electron chi connectivity index (χ2n) is 18.3. The molecular weight excluding hydrogens is 901 g/mol. The zero-order valence-electron chi connectivity index (χ0n) is 38.6. The minimum Gasteiger partial charge on any atom is -0.465 e. The van der Waals surface area contributed by atoms with Crippen LogP contribution in [0.25, 0.3) is 10.8 Å². The Hall–Kier alpha value is -7.12. The molecule has 0 radical (unpaired) electrons. The fourth-order valence-electron chi connectivity index (χ4n) is 9.29. The SMILES string of the molecule is CCCCCC(CC(=O)Nc1ccc(Sc2cnc(N3C=CC(C)(NC(=O)O)C=C3)cn2)cc1)N1CC2(CN(C(=O)C/C=C/C(=O)NCc3cccc4c(=O)n(C5CCC(=O)NC5=O)ccc34)C2)C1. The van der Waals surface area contributed by atoms with Crippen LogP contribution in [0.15, 0.2) is 119 Å². The van der Waals surface area contributed by atoms with Gasteiger partial charge in [-0.05, 0) is 85.3 Å². The van der Waals surface area contributed by atoms with Crippen molar-refractivity contribution >= 4 is 69.7 Å². The summed E-state index contributed by atoms with van der Waals surface area (Å²) in [5, 5.41) is 21.5. The monoisotopic (exact) mass is 956 g/mol. The Morgan fingerprint density at radius 2 is 1.72 bits per heavy atom. The van der Waals surface area contributed by atoms with Gasteiger partial charge in [-0.1, -0.05) is 56.2 Å². The molecule has 0 saturated carbocycles. The number of fused-ring (bicyclic) bond motifs is 1. The van der Waals surface area contributed by atoms with E-state index in [0.29, 0.717) is 46.8 Å². The number of carbonyl (C=O) groups excluding carboxylic acids is 5. The molecule has 8 rings (SSSR count). The highest BCUT2D eigenvalue weighted by molar-refractivity contribution is 7.99. The Kier molecular flexibility index (Phi) is 14.7. The third kappa shape index (κ3) is 11.8. The summed E-state index contributed by atoms with van der Waals surface area (Å²) in [6, 6.07) is 13.9. The van der Waals surface area contributed by atoms with E-state index in [1.54, 1.807) is 79.2 Å². The summed E-state index contributed by atoms with van der Waals surface area (Å²) in [6.07, 6.45) is 18.6. The molecule has 4 aliphatic heterocycles. The maximum absolute atomic E-state index is 13.4. The van der Waals surface area contributed by atoms with E-state index < -0.39 is 23.6 Å². The highest BCUT2D eigenvalue weighted by atomic mass is 32.2. The van der Waals surface area contributed by atoms with Gasteiger partial charge in [0.25, 0.3) is 5.56 Å². The number of imide groups is 1. The van der Waals surface area contributed by atoms with Gasteiger partial charge in [-0.3, -0.25) is 39.0 Å². The highest BCUT2D eigenvalue weighted by Crippen LogP contribution is 2.42. The zero-order valence-corrected chi connectivity index (χ0v) is 39.4. The molecule has 0 aliphatic carbocycles. The summed E-state index contributed by atoms with van der Waals surface area (Å²) in [5.74, 6) is -0.743. The Morgan fingerprint density at radius 1 is 0.957 bits per heavy atom. The molecule has 2 aromatic carbocycles. The van der Waals surface area contributed by atoms with Gasteiger partial charge in [0.1, 0.15) is 11.1 Å². The average molecular weight is 957 g/mol. The number of nitrogens with zero attached hydrogens (tertiary/aromatic N) is 6. The van der Waals surface area contributed by atoms with Gasteiger partial charge in [0.15, 0.2) is 5.82 Å². The average Bonchev–Trinajstić information content (AvgIpc) is 3.29. The van der Waals surface area contributed by atoms with Crippen molar-refractivity contribution in [2.75, 3.05) is 36.4 Å². The summed E-state index contributed by atoms with van der Waals surface area (Å²) in [4.78, 5) is 104. The van der Waals surface area contributed by atoms with E-state index in [2.05, 4.69) is 43.1 Å². The van der Waals surface area contributed by atoms with E-state index in [4.69, 9.17) is 5.11 Å². The standard InChI is InChI=1S/C50H56N10O8S/c1-3-4-5-9-35(25-43(63)54-34-13-15-36(16-14-34)69-44-28-51-40(27-53-44)57-23-20-49(2,21-24-57)56-48(67)68)58-29-50(30-58)31-59(32-50)45(64)12-7-11-41(61)52-26-33-8-6-10-38-37(33)19-22-60(47(38)66)39-17-18-42(62)55-46(39)65/h6-8,10-11,13-16,19-24,27-28,35,39,56H,3-5,9,12,17-18,25-26,29-32H2,1-2H3,(H,52,61)(H,54,63)(H,67,68)(H,55,62,65)/b11-7+. The topological polar surface area (TPSA) is 228 Å². The number of nitrogens with one attached hydrogen (secondary N) is 4. The molecule has 69 heavy (non-hydrogen) atoms. The number of unbranched alkanes of at least 4 members (excludes halogenated alkanes) is 2. The van der Waals surface area contributed by atoms with E-state index in [1.807, 2.05) is 35.2 Å². The molecule has 5 N–H and O–H groups in total. The van der Waals surface area contributed by atoms with Crippen molar-refractivity contribution in [2.45, 2.75) is 99.3 Å². The highest BCUT2D eigenvalue weighted by Gasteiger charge is 2.54. The summed E-state index contributed by atoms with van der Waals surface area (Å²) >= 11 is 1.44. The first-order valence-electron chi connectivity index (χ1n) is 23.2. The van der Waals surface area contributed by atoms with Gasteiger partial charge in [0, 0.05) is 98.0 Å². The third-order valence-corrected chi connectivity index (χ3v) is 13.9. The van der Waals surface area contributed by atoms with E-state index in [9.17, 15) is 33.6 Å². The number of likely N-dealkylation sites (tertiary alicyclic amines) is 2. The molecule has 6 amide bonds. The number of aromatic nitrogens is 3. The molecule has 3 saturated heterocycles. The van der Waals surface area contributed by atoms with Gasteiger partial charge < -0.3 is 35.4 Å². The van der Waals surface area contributed by atoms with Gasteiger partial charge in [-0.15, -0.1) is 0 Å². The maximum atomic E-state index is 13.4. The van der Waals surface area contributed by atoms with Crippen LogP contribution < -0.4 is 31.7 Å². The van der Waals surface area contributed by atoms with Crippen molar-refractivity contribution < 1.29 is 33.9 Å². The van der Waals surface area contributed by atoms with Crippen molar-refractivity contribution in [2.24, 2.45) is 5.41 Å². The van der Waals surface area contributed by atoms with Crippen LogP contribution in [-0.2, 0) is 30.5 Å². The van der Waals surface area contributed by atoms with Crippen LogP contribution in [0, 0.1) is 5.41 Å². The summed E-state index contributed by atoms with van der Waals surface area (Å²) in [6.45, 7) is 7.00. The molecule has 3 fully saturated rings. The molecule has 19 heteroatoms. The van der Waals surface area contributed by atoms with Crippen LogP contribution in [0.4, 0.5) is 16.3 Å². The molecule has 4 aromatic rings. The largest absolute Gasteiger partial charge is 0.465 e. The van der Waals surface area contributed by atoms with E-state index in [0.717, 1.165) is 49.2 Å². The third-order valence-electron chi connectivity index (χ3n) is 13.0. The first kappa shape index (κ1) is 48.3. The number of hydrogen-bond acceptors (Lipinski definition) is 12. The predicted octanol–water partition coefficient (Wildman–Crippen LogP) is 5.48. The zero-order chi connectivity index (χ0) is 48.7. The lowest BCUT2D eigenvalue weighted by Crippen LogP contribution is -2.74. The van der Waals surface area contributed by atoms with Gasteiger partial charge in [-0.25, -0.2) is 14.8 Å². The summed E-state index contributed by atoms with van der Waals surface area (Å²) in [7, 11) is 0.